The number of carbonyl (C=O) groups is 1. The highest BCUT2D eigenvalue weighted by Crippen LogP contribution is 2.35. The zero-order valence-electron chi connectivity index (χ0n) is 16.7. The van der Waals surface area contributed by atoms with Gasteiger partial charge in [-0.25, -0.2) is 4.99 Å². The second-order valence-corrected chi connectivity index (χ2v) is 7.73. The molecule has 0 unspecified atom stereocenters. The molecule has 1 fully saturated rings. The molecule has 1 amide bonds. The maximum atomic E-state index is 13.2. The highest BCUT2D eigenvalue weighted by Gasteiger charge is 2.33. The number of nitrogens with zero attached hydrogens (tertiary/aromatic N) is 2. The summed E-state index contributed by atoms with van der Waals surface area (Å²) in [6, 6.07) is 27.4. The number of thioether (sulfide) groups is 1. The molecule has 5 heteroatoms. The summed E-state index contributed by atoms with van der Waals surface area (Å²) >= 11 is 1.41. The van der Waals surface area contributed by atoms with Gasteiger partial charge >= 0.3 is 0 Å². The maximum Gasteiger partial charge on any atom is 0.267 e. The molecule has 3 aromatic carbocycles. The van der Waals surface area contributed by atoms with Crippen molar-refractivity contribution in [2.45, 2.75) is 13.5 Å². The molecule has 0 aliphatic carbocycles. The van der Waals surface area contributed by atoms with Crippen LogP contribution in [0.15, 0.2) is 94.8 Å². The number of rotatable bonds is 6. The Morgan fingerprint density at radius 3 is 2.27 bits per heavy atom. The third kappa shape index (κ3) is 4.81. The van der Waals surface area contributed by atoms with Crippen molar-refractivity contribution in [1.29, 1.82) is 0 Å². The summed E-state index contributed by atoms with van der Waals surface area (Å²) < 4.78 is 5.50. The lowest BCUT2D eigenvalue weighted by atomic mass is 10.2. The van der Waals surface area contributed by atoms with Crippen molar-refractivity contribution in [3.05, 3.63) is 101 Å². The first-order valence-corrected chi connectivity index (χ1v) is 10.7. The van der Waals surface area contributed by atoms with E-state index in [0.29, 0.717) is 23.2 Å². The third-order valence-corrected chi connectivity index (χ3v) is 5.55. The smallest absolute Gasteiger partial charge is 0.267 e. The predicted molar refractivity (Wildman–Crippen MR) is 124 cm³/mol. The quantitative estimate of drug-likeness (QED) is 0.472. The molecule has 1 saturated heterocycles. The van der Waals surface area contributed by atoms with Crippen LogP contribution in [0.2, 0.25) is 0 Å². The van der Waals surface area contributed by atoms with Crippen LogP contribution in [0.4, 0.5) is 5.69 Å². The van der Waals surface area contributed by atoms with Gasteiger partial charge in [-0.1, -0.05) is 60.7 Å². The largest absolute Gasteiger partial charge is 0.494 e. The van der Waals surface area contributed by atoms with Gasteiger partial charge in [-0.15, -0.1) is 0 Å². The van der Waals surface area contributed by atoms with Crippen LogP contribution in [-0.4, -0.2) is 22.6 Å². The van der Waals surface area contributed by atoms with Gasteiger partial charge in [-0.05, 0) is 60.2 Å². The van der Waals surface area contributed by atoms with Crippen LogP contribution in [0.5, 0.6) is 5.75 Å². The van der Waals surface area contributed by atoms with Crippen LogP contribution in [0.3, 0.4) is 0 Å². The van der Waals surface area contributed by atoms with Crippen LogP contribution in [0.25, 0.3) is 6.08 Å². The van der Waals surface area contributed by atoms with Crippen LogP contribution in [-0.2, 0) is 11.3 Å². The Balaban J connectivity index is 1.64. The van der Waals surface area contributed by atoms with Crippen molar-refractivity contribution in [2.75, 3.05) is 6.61 Å². The second kappa shape index (κ2) is 9.46. The number of hydrogen-bond acceptors (Lipinski definition) is 4. The first kappa shape index (κ1) is 20.0. The summed E-state index contributed by atoms with van der Waals surface area (Å²) in [6.45, 7) is 3.07. The zero-order valence-corrected chi connectivity index (χ0v) is 17.5. The molecule has 0 radical (unpaired) electrons. The standard InChI is InChI=1S/C25H22N2O2S/c1-2-29-22-15-13-19(14-16-22)17-23-24(28)27(18-20-9-5-3-6-10-20)25(30-23)26-21-11-7-4-8-12-21/h3-17H,2,18H2,1H3/b23-17+,26-25?. The molecule has 4 nitrogen and oxygen atoms in total. The minimum atomic E-state index is -0.0348. The molecule has 0 aromatic heterocycles. The van der Waals surface area contributed by atoms with Crippen LogP contribution >= 0.6 is 11.8 Å². The van der Waals surface area contributed by atoms with Gasteiger partial charge in [-0.3, -0.25) is 9.69 Å². The van der Waals surface area contributed by atoms with E-state index < -0.39 is 0 Å². The summed E-state index contributed by atoms with van der Waals surface area (Å²) in [5.41, 5.74) is 2.85. The van der Waals surface area contributed by atoms with Gasteiger partial charge < -0.3 is 4.74 Å². The number of benzene rings is 3. The van der Waals surface area contributed by atoms with Gasteiger partial charge in [-0.2, -0.15) is 0 Å². The number of hydrogen-bond donors (Lipinski definition) is 0. The molecule has 150 valence electrons. The van der Waals surface area contributed by atoms with Gasteiger partial charge in [0.15, 0.2) is 5.17 Å². The number of amidine groups is 1. The van der Waals surface area contributed by atoms with E-state index in [1.54, 1.807) is 4.90 Å². The third-order valence-electron chi connectivity index (χ3n) is 4.54. The predicted octanol–water partition coefficient (Wildman–Crippen LogP) is 5.89. The Hall–Kier alpha value is -3.31. The highest BCUT2D eigenvalue weighted by molar-refractivity contribution is 8.18. The van der Waals surface area contributed by atoms with E-state index in [0.717, 1.165) is 22.6 Å². The molecule has 0 atom stereocenters. The normalized spacial score (nSPS) is 16.4. The second-order valence-electron chi connectivity index (χ2n) is 6.72. The summed E-state index contributed by atoms with van der Waals surface area (Å²) in [5.74, 6) is 0.787. The molecule has 0 saturated carbocycles. The molecule has 0 bridgehead atoms. The highest BCUT2D eigenvalue weighted by atomic mass is 32.2. The van der Waals surface area contributed by atoms with E-state index >= 15 is 0 Å². The number of aliphatic imine (C=N–C) groups is 1. The summed E-state index contributed by atoms with van der Waals surface area (Å²) in [5, 5.41) is 0.687. The molecule has 30 heavy (non-hydrogen) atoms. The molecule has 3 aromatic rings. The molecule has 1 aliphatic heterocycles. The minimum Gasteiger partial charge on any atom is -0.494 e. The van der Waals surface area contributed by atoms with Gasteiger partial charge in [0.25, 0.3) is 5.91 Å². The Morgan fingerprint density at radius 2 is 1.60 bits per heavy atom. The van der Waals surface area contributed by atoms with Crippen molar-refractivity contribution >= 4 is 34.6 Å². The van der Waals surface area contributed by atoms with Crippen LogP contribution < -0.4 is 4.74 Å². The first-order valence-electron chi connectivity index (χ1n) is 9.85. The monoisotopic (exact) mass is 414 g/mol. The summed E-state index contributed by atoms with van der Waals surface area (Å²) in [7, 11) is 0. The van der Waals surface area contributed by atoms with Crippen LogP contribution in [0.1, 0.15) is 18.1 Å². The van der Waals surface area contributed by atoms with E-state index in [1.807, 2.05) is 97.9 Å². The van der Waals surface area contributed by atoms with Crippen molar-refractivity contribution < 1.29 is 9.53 Å². The molecule has 1 heterocycles. The van der Waals surface area contributed by atoms with Gasteiger partial charge in [0, 0.05) is 0 Å². The first-order chi connectivity index (χ1) is 14.7. The lowest BCUT2D eigenvalue weighted by Crippen LogP contribution is -2.28. The Kier molecular flexibility index (Phi) is 6.30. The Morgan fingerprint density at radius 1 is 0.933 bits per heavy atom. The molecular weight excluding hydrogens is 392 g/mol. The average molecular weight is 415 g/mol. The van der Waals surface area contributed by atoms with E-state index in [9.17, 15) is 4.79 Å². The molecule has 1 aliphatic rings. The number of para-hydroxylation sites is 1. The zero-order chi connectivity index (χ0) is 20.8. The van der Waals surface area contributed by atoms with Crippen molar-refractivity contribution in [3.8, 4) is 5.75 Å². The van der Waals surface area contributed by atoms with Crippen molar-refractivity contribution in [2.24, 2.45) is 4.99 Å². The molecule has 4 rings (SSSR count). The van der Waals surface area contributed by atoms with Gasteiger partial charge in [0.05, 0.1) is 23.7 Å². The average Bonchev–Trinajstić information content (AvgIpc) is 3.05. The Labute approximate surface area is 180 Å². The van der Waals surface area contributed by atoms with Crippen LogP contribution in [0, 0.1) is 0 Å². The maximum absolute atomic E-state index is 13.2. The van der Waals surface area contributed by atoms with Gasteiger partial charge in [0.1, 0.15) is 5.75 Å². The number of amides is 1. The SMILES string of the molecule is CCOc1ccc(/C=C2/SC(=Nc3ccccc3)N(Cc3ccccc3)C2=O)cc1. The fourth-order valence-corrected chi connectivity index (χ4v) is 4.09. The topological polar surface area (TPSA) is 41.9 Å². The van der Waals surface area contributed by atoms with Crippen molar-refractivity contribution in [3.63, 3.8) is 0 Å². The molecular formula is C25H22N2O2S. The van der Waals surface area contributed by atoms with E-state index in [1.165, 1.54) is 11.8 Å². The summed E-state index contributed by atoms with van der Waals surface area (Å²) in [4.78, 5) is 20.4. The summed E-state index contributed by atoms with van der Waals surface area (Å²) in [6.07, 6.45) is 1.91. The number of carbonyl (C=O) groups excluding carboxylic acids is 1. The number of ether oxygens (including phenoxy) is 1. The fourth-order valence-electron chi connectivity index (χ4n) is 3.09. The molecule has 0 N–H and O–H groups in total. The van der Waals surface area contributed by atoms with E-state index in [4.69, 9.17) is 9.73 Å². The molecule has 0 spiro atoms. The van der Waals surface area contributed by atoms with Gasteiger partial charge in [0.2, 0.25) is 0 Å². The fraction of sp³-hybridized carbons (Fsp3) is 0.120. The lowest BCUT2D eigenvalue weighted by Gasteiger charge is -2.15. The lowest BCUT2D eigenvalue weighted by molar-refractivity contribution is -0.122. The van der Waals surface area contributed by atoms with E-state index in [2.05, 4.69) is 0 Å². The minimum absolute atomic E-state index is 0.0348. The Bertz CT molecular complexity index is 1060. The van der Waals surface area contributed by atoms with Crippen molar-refractivity contribution in [1.82, 2.24) is 4.90 Å². The van der Waals surface area contributed by atoms with E-state index in [-0.39, 0.29) is 5.91 Å².